The third kappa shape index (κ3) is 1.01. The first-order valence-electron chi connectivity index (χ1n) is 3.90. The molecule has 1 aliphatic heterocycles. The Hall–Kier alpha value is -1.01. The van der Waals surface area contributed by atoms with Crippen molar-refractivity contribution in [2.24, 2.45) is 0 Å². The van der Waals surface area contributed by atoms with E-state index in [1.54, 1.807) is 0 Å². The van der Waals surface area contributed by atoms with E-state index in [0.29, 0.717) is 16.6 Å². The Kier molecular flexibility index (Phi) is 1.63. The standard InChI is InChI=1S/C8H5BrN2O2S/c9-3-1-4-5(11-8(10)14-4)7-6(3)12-2-13-7/h1H,2H2,(H2,10,11). The van der Waals surface area contributed by atoms with Crippen molar-refractivity contribution >= 4 is 42.6 Å². The highest BCUT2D eigenvalue weighted by molar-refractivity contribution is 9.10. The van der Waals surface area contributed by atoms with Gasteiger partial charge in [0.25, 0.3) is 0 Å². The van der Waals surface area contributed by atoms with E-state index >= 15 is 0 Å². The van der Waals surface area contributed by atoms with Gasteiger partial charge in [-0.1, -0.05) is 11.3 Å². The molecule has 0 fully saturated rings. The van der Waals surface area contributed by atoms with Crippen LogP contribution in [0.4, 0.5) is 5.13 Å². The minimum absolute atomic E-state index is 0.241. The third-order valence-electron chi connectivity index (χ3n) is 1.97. The molecule has 0 saturated carbocycles. The summed E-state index contributed by atoms with van der Waals surface area (Å²) in [6.07, 6.45) is 0. The lowest BCUT2D eigenvalue weighted by Crippen LogP contribution is -1.93. The number of benzene rings is 1. The van der Waals surface area contributed by atoms with Crippen LogP contribution in [-0.4, -0.2) is 11.8 Å². The Morgan fingerprint density at radius 1 is 1.43 bits per heavy atom. The second-order valence-electron chi connectivity index (χ2n) is 2.82. The van der Waals surface area contributed by atoms with Crippen LogP contribution >= 0.6 is 27.3 Å². The molecule has 0 saturated heterocycles. The number of thiazole rings is 1. The molecule has 1 aromatic heterocycles. The predicted octanol–water partition coefficient (Wildman–Crippen LogP) is 2.37. The van der Waals surface area contributed by atoms with E-state index in [9.17, 15) is 0 Å². The predicted molar refractivity (Wildman–Crippen MR) is 57.9 cm³/mol. The van der Waals surface area contributed by atoms with Gasteiger partial charge in [-0.25, -0.2) is 4.98 Å². The van der Waals surface area contributed by atoms with Crippen LogP contribution in [0.1, 0.15) is 0 Å². The summed E-state index contributed by atoms with van der Waals surface area (Å²) in [4.78, 5) is 4.20. The van der Waals surface area contributed by atoms with Gasteiger partial charge >= 0.3 is 0 Å². The van der Waals surface area contributed by atoms with Gasteiger partial charge in [0.05, 0.1) is 9.17 Å². The fourth-order valence-corrected chi connectivity index (χ4v) is 2.87. The molecule has 2 heterocycles. The zero-order valence-electron chi connectivity index (χ0n) is 6.91. The molecule has 1 aromatic carbocycles. The molecule has 14 heavy (non-hydrogen) atoms. The van der Waals surface area contributed by atoms with Crippen LogP contribution in [0.3, 0.4) is 0 Å². The van der Waals surface area contributed by atoms with Gasteiger partial charge in [-0.15, -0.1) is 0 Å². The van der Waals surface area contributed by atoms with Crippen molar-refractivity contribution in [2.75, 3.05) is 12.5 Å². The van der Waals surface area contributed by atoms with Crippen LogP contribution in [-0.2, 0) is 0 Å². The largest absolute Gasteiger partial charge is 0.452 e. The van der Waals surface area contributed by atoms with Crippen LogP contribution in [0.15, 0.2) is 10.5 Å². The molecule has 0 spiro atoms. The maximum atomic E-state index is 5.63. The average molecular weight is 273 g/mol. The van der Waals surface area contributed by atoms with Crippen molar-refractivity contribution < 1.29 is 9.47 Å². The molecular weight excluding hydrogens is 268 g/mol. The van der Waals surface area contributed by atoms with Gasteiger partial charge in [0, 0.05) is 0 Å². The fourth-order valence-electron chi connectivity index (χ4n) is 1.42. The summed E-state index contributed by atoms with van der Waals surface area (Å²) in [5.74, 6) is 1.39. The third-order valence-corrected chi connectivity index (χ3v) is 3.39. The van der Waals surface area contributed by atoms with Gasteiger partial charge < -0.3 is 15.2 Å². The number of nitrogen functional groups attached to an aromatic ring is 1. The minimum Gasteiger partial charge on any atom is -0.452 e. The molecule has 0 atom stereocenters. The van der Waals surface area contributed by atoms with Gasteiger partial charge in [0.1, 0.15) is 5.52 Å². The van der Waals surface area contributed by atoms with Crippen molar-refractivity contribution in [2.45, 2.75) is 0 Å². The van der Waals surface area contributed by atoms with Crippen molar-refractivity contribution in [3.63, 3.8) is 0 Å². The Morgan fingerprint density at radius 2 is 2.21 bits per heavy atom. The molecule has 1 aliphatic rings. The zero-order chi connectivity index (χ0) is 9.71. The highest BCUT2D eigenvalue weighted by atomic mass is 79.9. The lowest BCUT2D eigenvalue weighted by Gasteiger charge is -1.98. The maximum Gasteiger partial charge on any atom is 0.231 e. The Bertz CT molecular complexity index is 526. The van der Waals surface area contributed by atoms with Crippen molar-refractivity contribution in [1.29, 1.82) is 0 Å². The Morgan fingerprint density at radius 3 is 3.07 bits per heavy atom. The number of anilines is 1. The number of aromatic nitrogens is 1. The van der Waals surface area contributed by atoms with Crippen LogP contribution in [0, 0.1) is 0 Å². The number of halogens is 1. The monoisotopic (exact) mass is 272 g/mol. The SMILES string of the molecule is Nc1nc2c3c(c(Br)cc2s1)OCO3. The number of nitrogens with two attached hydrogens (primary N) is 1. The molecule has 72 valence electrons. The summed E-state index contributed by atoms with van der Waals surface area (Å²) in [5.41, 5.74) is 6.41. The average Bonchev–Trinajstić information content (AvgIpc) is 2.69. The number of hydrogen-bond donors (Lipinski definition) is 1. The molecule has 0 bridgehead atoms. The molecule has 3 rings (SSSR count). The molecule has 2 N–H and O–H groups in total. The highest BCUT2D eigenvalue weighted by Crippen LogP contribution is 2.46. The zero-order valence-corrected chi connectivity index (χ0v) is 9.31. The van der Waals surface area contributed by atoms with E-state index in [2.05, 4.69) is 20.9 Å². The summed E-state index contributed by atoms with van der Waals surface area (Å²) in [6.45, 7) is 0.241. The quantitative estimate of drug-likeness (QED) is 0.800. The summed E-state index contributed by atoms with van der Waals surface area (Å²) < 4.78 is 12.5. The number of nitrogens with zero attached hydrogens (tertiary/aromatic N) is 1. The molecule has 6 heteroatoms. The maximum absolute atomic E-state index is 5.63. The molecule has 0 radical (unpaired) electrons. The first-order chi connectivity index (χ1) is 6.75. The molecule has 0 amide bonds. The number of fused-ring (bicyclic) bond motifs is 3. The summed E-state index contributed by atoms with van der Waals surface area (Å²) in [5, 5.41) is 0.538. The molecule has 2 aromatic rings. The lowest BCUT2D eigenvalue weighted by molar-refractivity contribution is 0.174. The first kappa shape index (κ1) is 8.31. The van der Waals surface area contributed by atoms with E-state index in [0.717, 1.165) is 14.7 Å². The fraction of sp³-hybridized carbons (Fsp3) is 0.125. The van der Waals surface area contributed by atoms with Crippen molar-refractivity contribution in [3.05, 3.63) is 10.5 Å². The smallest absolute Gasteiger partial charge is 0.231 e. The molecule has 4 nitrogen and oxygen atoms in total. The van der Waals surface area contributed by atoms with E-state index in [1.165, 1.54) is 11.3 Å². The van der Waals surface area contributed by atoms with Crippen molar-refractivity contribution in [3.8, 4) is 11.5 Å². The van der Waals surface area contributed by atoms with Crippen LogP contribution in [0.25, 0.3) is 10.2 Å². The van der Waals surface area contributed by atoms with E-state index in [4.69, 9.17) is 15.2 Å². The van der Waals surface area contributed by atoms with Crippen LogP contribution in [0.2, 0.25) is 0 Å². The summed E-state index contributed by atoms with van der Waals surface area (Å²) in [6, 6.07) is 1.94. The van der Waals surface area contributed by atoms with Gasteiger partial charge in [0.15, 0.2) is 16.6 Å². The van der Waals surface area contributed by atoms with Gasteiger partial charge in [0.2, 0.25) is 6.79 Å². The van der Waals surface area contributed by atoms with Gasteiger partial charge in [-0.3, -0.25) is 0 Å². The minimum atomic E-state index is 0.241. The summed E-state index contributed by atoms with van der Waals surface area (Å²) in [7, 11) is 0. The molecular formula is C8H5BrN2O2S. The number of rotatable bonds is 0. The second-order valence-corrected chi connectivity index (χ2v) is 4.74. The number of ether oxygens (including phenoxy) is 2. The van der Waals surface area contributed by atoms with Crippen LogP contribution < -0.4 is 15.2 Å². The number of hydrogen-bond acceptors (Lipinski definition) is 5. The van der Waals surface area contributed by atoms with Gasteiger partial charge in [-0.05, 0) is 22.0 Å². The van der Waals surface area contributed by atoms with Crippen molar-refractivity contribution in [1.82, 2.24) is 4.98 Å². The second kappa shape index (κ2) is 2.74. The van der Waals surface area contributed by atoms with Gasteiger partial charge in [-0.2, -0.15) is 0 Å². The Labute approximate surface area is 91.8 Å². The topological polar surface area (TPSA) is 57.4 Å². The molecule has 0 aliphatic carbocycles. The normalized spacial score (nSPS) is 13.8. The lowest BCUT2D eigenvalue weighted by atomic mass is 10.3. The van der Waals surface area contributed by atoms with E-state index in [1.807, 2.05) is 6.07 Å². The van der Waals surface area contributed by atoms with Crippen LogP contribution in [0.5, 0.6) is 11.5 Å². The highest BCUT2D eigenvalue weighted by Gasteiger charge is 2.22. The molecule has 0 unspecified atom stereocenters. The van der Waals surface area contributed by atoms with E-state index in [-0.39, 0.29) is 6.79 Å². The Balaban J connectivity index is 2.45. The van der Waals surface area contributed by atoms with E-state index < -0.39 is 0 Å². The summed E-state index contributed by atoms with van der Waals surface area (Å²) >= 11 is 4.84. The first-order valence-corrected chi connectivity index (χ1v) is 5.51.